The molecular weight excluding hydrogens is 374 g/mol. The molecule has 1 aromatic heterocycles. The molecule has 1 aromatic carbocycles. The molecule has 0 spiro atoms. The van der Waals surface area contributed by atoms with Gasteiger partial charge in [0.05, 0.1) is 6.21 Å². The number of unbranched alkanes of at least 4 members (excludes halogenated alkanes) is 2. The summed E-state index contributed by atoms with van der Waals surface area (Å²) in [5.74, 6) is 1.07. The monoisotopic (exact) mass is 403 g/mol. The van der Waals surface area contributed by atoms with Gasteiger partial charge in [0.15, 0.2) is 0 Å². The lowest BCUT2D eigenvalue weighted by Crippen LogP contribution is -2.29. The number of hydrogen-bond donors (Lipinski definition) is 2. The maximum atomic E-state index is 9.72. The minimum Gasteiger partial charge on any atom is -0.506 e. The topological polar surface area (TPSA) is 69.0 Å². The number of pyridine rings is 1. The number of aromatic hydroxyl groups is 1. The molecule has 2 aliphatic rings. The Balaban J connectivity index is 1.30. The van der Waals surface area contributed by atoms with Crippen molar-refractivity contribution < 1.29 is 10.3 Å². The van der Waals surface area contributed by atoms with Gasteiger partial charge in [0.1, 0.15) is 11.4 Å². The Labute approximate surface area is 178 Å². The van der Waals surface area contributed by atoms with Crippen molar-refractivity contribution in [2.45, 2.75) is 38.1 Å². The minimum absolute atomic E-state index is 0.0305. The number of oxime groups is 1. The van der Waals surface area contributed by atoms with Gasteiger partial charge in [-0.1, -0.05) is 60.1 Å². The van der Waals surface area contributed by atoms with Gasteiger partial charge in [-0.25, -0.2) is 4.98 Å². The van der Waals surface area contributed by atoms with Crippen molar-refractivity contribution in [2.24, 2.45) is 11.1 Å². The third kappa shape index (κ3) is 4.79. The maximum Gasteiger partial charge on any atom is 0.142 e. The van der Waals surface area contributed by atoms with Crippen LogP contribution in [0.3, 0.4) is 0 Å². The number of hydrogen-bond acceptors (Lipinski definition) is 5. The van der Waals surface area contributed by atoms with Crippen LogP contribution >= 0.6 is 0 Å². The molecule has 0 radical (unpaired) electrons. The molecule has 2 N–H and O–H groups in total. The number of rotatable bonds is 7. The summed E-state index contributed by atoms with van der Waals surface area (Å²) in [4.78, 5) is 6.95. The van der Waals surface area contributed by atoms with Crippen LogP contribution in [-0.4, -0.2) is 39.5 Å². The third-order valence-corrected chi connectivity index (χ3v) is 6.07. The van der Waals surface area contributed by atoms with E-state index in [0.717, 1.165) is 57.2 Å². The predicted molar refractivity (Wildman–Crippen MR) is 119 cm³/mol. The number of allylic oxidation sites excluding steroid dienone is 3. The van der Waals surface area contributed by atoms with Gasteiger partial charge in [0.2, 0.25) is 0 Å². The van der Waals surface area contributed by atoms with E-state index in [0.29, 0.717) is 17.5 Å². The largest absolute Gasteiger partial charge is 0.506 e. The maximum absolute atomic E-state index is 9.72. The van der Waals surface area contributed by atoms with Crippen LogP contribution in [0.2, 0.25) is 0 Å². The standard InChI is InChI=1S/C25H29N3O2/c29-25-14-13-21(27-24(25)16-26-30)10-2-1-7-15-28-17-19-8-3-5-11-22(19)23-12-6-4-9-20(23)18-28/h3-6,8-9,11-14,16,19,22,29-30H,1-2,7,10,15,17-18H2. The van der Waals surface area contributed by atoms with Crippen molar-refractivity contribution in [3.63, 3.8) is 0 Å². The summed E-state index contributed by atoms with van der Waals surface area (Å²) in [5, 5.41) is 21.3. The number of nitrogens with zero attached hydrogens (tertiary/aromatic N) is 3. The second-order valence-corrected chi connectivity index (χ2v) is 8.16. The van der Waals surface area contributed by atoms with E-state index in [4.69, 9.17) is 5.21 Å². The van der Waals surface area contributed by atoms with Gasteiger partial charge in [-0.05, 0) is 49.1 Å². The first-order valence-corrected chi connectivity index (χ1v) is 10.8. The molecule has 0 saturated heterocycles. The predicted octanol–water partition coefficient (Wildman–Crippen LogP) is 4.65. The first-order chi connectivity index (χ1) is 14.7. The molecule has 5 nitrogen and oxygen atoms in total. The highest BCUT2D eigenvalue weighted by Crippen LogP contribution is 2.36. The highest BCUT2D eigenvalue weighted by Gasteiger charge is 2.28. The highest BCUT2D eigenvalue weighted by atomic mass is 16.4. The van der Waals surface area contributed by atoms with E-state index < -0.39 is 0 Å². The zero-order valence-corrected chi connectivity index (χ0v) is 17.2. The molecule has 156 valence electrons. The van der Waals surface area contributed by atoms with Gasteiger partial charge in [-0.3, -0.25) is 4.90 Å². The van der Waals surface area contributed by atoms with E-state index in [1.807, 2.05) is 6.07 Å². The van der Waals surface area contributed by atoms with Crippen LogP contribution in [0.1, 0.15) is 47.7 Å². The van der Waals surface area contributed by atoms with Crippen LogP contribution in [0.5, 0.6) is 5.75 Å². The Bertz CT molecular complexity index is 951. The van der Waals surface area contributed by atoms with Crippen molar-refractivity contribution in [1.29, 1.82) is 0 Å². The molecular formula is C25H29N3O2. The summed E-state index contributed by atoms with van der Waals surface area (Å²) in [6.07, 6.45) is 14.4. The SMILES string of the molecule is ON=Cc1nc(CCCCCN2Cc3ccccc3C3C=CC=CC3C2)ccc1O. The van der Waals surface area contributed by atoms with Gasteiger partial charge in [-0.15, -0.1) is 0 Å². The quantitative estimate of drug-likeness (QED) is 0.306. The van der Waals surface area contributed by atoms with Crippen LogP contribution in [0, 0.1) is 5.92 Å². The zero-order valence-electron chi connectivity index (χ0n) is 17.2. The molecule has 4 rings (SSSR count). The molecule has 0 amide bonds. The van der Waals surface area contributed by atoms with Crippen molar-refractivity contribution in [3.8, 4) is 5.75 Å². The molecule has 0 bridgehead atoms. The van der Waals surface area contributed by atoms with E-state index in [9.17, 15) is 5.11 Å². The van der Waals surface area contributed by atoms with Crippen molar-refractivity contribution in [3.05, 3.63) is 83.2 Å². The molecule has 2 aromatic rings. The zero-order chi connectivity index (χ0) is 20.8. The first kappa shape index (κ1) is 20.4. The smallest absolute Gasteiger partial charge is 0.142 e. The molecule has 1 aliphatic carbocycles. The summed E-state index contributed by atoms with van der Waals surface area (Å²) in [7, 11) is 0. The summed E-state index contributed by atoms with van der Waals surface area (Å²) in [5.41, 5.74) is 4.15. The lowest BCUT2D eigenvalue weighted by Gasteiger charge is -2.26. The lowest BCUT2D eigenvalue weighted by molar-refractivity contribution is 0.238. The van der Waals surface area contributed by atoms with Crippen LogP contribution in [0.15, 0.2) is 65.9 Å². The summed E-state index contributed by atoms with van der Waals surface area (Å²) < 4.78 is 0. The van der Waals surface area contributed by atoms with Crippen molar-refractivity contribution in [2.75, 3.05) is 13.1 Å². The Morgan fingerprint density at radius 2 is 1.93 bits per heavy atom. The van der Waals surface area contributed by atoms with Gasteiger partial charge >= 0.3 is 0 Å². The average Bonchev–Trinajstić information content (AvgIpc) is 2.92. The number of aromatic nitrogens is 1. The van der Waals surface area contributed by atoms with E-state index >= 15 is 0 Å². The Morgan fingerprint density at radius 3 is 2.83 bits per heavy atom. The van der Waals surface area contributed by atoms with Crippen molar-refractivity contribution in [1.82, 2.24) is 9.88 Å². The molecule has 2 heterocycles. The van der Waals surface area contributed by atoms with Gasteiger partial charge in [-0.2, -0.15) is 0 Å². The summed E-state index contributed by atoms with van der Waals surface area (Å²) in [6, 6.07) is 12.3. The number of aryl methyl sites for hydroxylation is 1. The molecule has 0 fully saturated rings. The van der Waals surface area contributed by atoms with Crippen LogP contribution < -0.4 is 0 Å². The van der Waals surface area contributed by atoms with Crippen molar-refractivity contribution >= 4 is 6.21 Å². The third-order valence-electron chi connectivity index (χ3n) is 6.07. The molecule has 2 atom stereocenters. The Morgan fingerprint density at radius 1 is 1.07 bits per heavy atom. The second kappa shape index (κ2) is 9.72. The summed E-state index contributed by atoms with van der Waals surface area (Å²) >= 11 is 0. The Kier molecular flexibility index (Phi) is 6.60. The van der Waals surface area contributed by atoms with Crippen LogP contribution in [0.4, 0.5) is 0 Å². The highest BCUT2D eigenvalue weighted by molar-refractivity contribution is 5.80. The van der Waals surface area contributed by atoms with E-state index in [2.05, 4.69) is 63.6 Å². The van der Waals surface area contributed by atoms with Gasteiger partial charge < -0.3 is 10.3 Å². The number of fused-ring (bicyclic) bond motifs is 3. The molecule has 1 aliphatic heterocycles. The number of benzene rings is 1. The van der Waals surface area contributed by atoms with E-state index in [1.54, 1.807) is 6.07 Å². The van der Waals surface area contributed by atoms with Crippen LogP contribution in [-0.2, 0) is 13.0 Å². The molecule has 5 heteroatoms. The second-order valence-electron chi connectivity index (χ2n) is 8.16. The fourth-order valence-electron chi connectivity index (χ4n) is 4.56. The van der Waals surface area contributed by atoms with Gasteiger partial charge in [0, 0.05) is 30.6 Å². The van der Waals surface area contributed by atoms with E-state index in [1.165, 1.54) is 11.1 Å². The minimum atomic E-state index is 0.0305. The van der Waals surface area contributed by atoms with E-state index in [-0.39, 0.29) is 5.75 Å². The molecule has 30 heavy (non-hydrogen) atoms. The van der Waals surface area contributed by atoms with Gasteiger partial charge in [0.25, 0.3) is 0 Å². The lowest BCUT2D eigenvalue weighted by atomic mass is 9.82. The molecule has 2 unspecified atom stereocenters. The Hall–Kier alpha value is -2.92. The first-order valence-electron chi connectivity index (χ1n) is 10.8. The fourth-order valence-corrected chi connectivity index (χ4v) is 4.56. The fraction of sp³-hybridized carbons (Fsp3) is 0.360. The normalized spacial score (nSPS) is 20.8. The van der Waals surface area contributed by atoms with Crippen LogP contribution in [0.25, 0.3) is 0 Å². The molecule has 0 saturated carbocycles. The summed E-state index contributed by atoms with van der Waals surface area (Å²) in [6.45, 7) is 3.22. The average molecular weight is 404 g/mol.